The van der Waals surface area contributed by atoms with Gasteiger partial charge in [-0.3, -0.25) is 0 Å². The molecule has 0 bridgehead atoms. The summed E-state index contributed by atoms with van der Waals surface area (Å²) in [6.07, 6.45) is 6.18. The van der Waals surface area contributed by atoms with Crippen LogP contribution in [0.5, 0.6) is 0 Å². The number of allylic oxidation sites excluding steroid dienone is 1. The van der Waals surface area contributed by atoms with Crippen molar-refractivity contribution < 1.29 is 0 Å². The summed E-state index contributed by atoms with van der Waals surface area (Å²) in [4.78, 5) is 2.43. The lowest BCUT2D eigenvalue weighted by atomic mass is 9.86. The van der Waals surface area contributed by atoms with E-state index < -0.39 is 0 Å². The van der Waals surface area contributed by atoms with Crippen LogP contribution in [0.15, 0.2) is 11.6 Å². The molecule has 14 heavy (non-hydrogen) atoms. The number of rotatable bonds is 4. The minimum atomic E-state index is 0.443. The molecule has 1 aliphatic rings. The smallest absolute Gasteiger partial charge is 0.0303 e. The standard InChI is InChI=1S/C13H25N/c1-7-11(4)12(8-2)10-13(12,9-3)14(5)6/h7H,8-10H2,1-6H3/b11-7+. The molecule has 1 rings (SSSR count). The third kappa shape index (κ3) is 1.25. The monoisotopic (exact) mass is 195 g/mol. The third-order valence-corrected chi connectivity index (χ3v) is 4.59. The van der Waals surface area contributed by atoms with Crippen LogP contribution in [0.2, 0.25) is 0 Å². The van der Waals surface area contributed by atoms with Gasteiger partial charge in [0.05, 0.1) is 0 Å². The lowest BCUT2D eigenvalue weighted by Crippen LogP contribution is -2.36. The van der Waals surface area contributed by atoms with Crippen LogP contribution in [-0.4, -0.2) is 24.5 Å². The van der Waals surface area contributed by atoms with Gasteiger partial charge in [0, 0.05) is 11.0 Å². The first-order valence-corrected chi connectivity index (χ1v) is 5.81. The van der Waals surface area contributed by atoms with Gasteiger partial charge in [0.15, 0.2) is 0 Å². The van der Waals surface area contributed by atoms with E-state index in [4.69, 9.17) is 0 Å². The number of hydrogen-bond donors (Lipinski definition) is 0. The van der Waals surface area contributed by atoms with E-state index in [1.807, 2.05) is 0 Å². The number of hydrogen-bond acceptors (Lipinski definition) is 1. The molecule has 82 valence electrons. The predicted molar refractivity (Wildman–Crippen MR) is 63.5 cm³/mol. The quantitative estimate of drug-likeness (QED) is 0.621. The molecule has 2 atom stereocenters. The summed E-state index contributed by atoms with van der Waals surface area (Å²) in [6.45, 7) is 9.11. The van der Waals surface area contributed by atoms with Gasteiger partial charge < -0.3 is 4.90 Å². The molecule has 0 N–H and O–H groups in total. The molecular formula is C13H25N. The van der Waals surface area contributed by atoms with Gasteiger partial charge in [-0.25, -0.2) is 0 Å². The average molecular weight is 195 g/mol. The third-order valence-electron chi connectivity index (χ3n) is 4.59. The summed E-state index contributed by atoms with van der Waals surface area (Å²) in [5.41, 5.74) is 2.49. The fourth-order valence-electron chi connectivity index (χ4n) is 3.34. The maximum atomic E-state index is 2.43. The Labute approximate surface area is 89.2 Å². The maximum Gasteiger partial charge on any atom is 0.0303 e. The van der Waals surface area contributed by atoms with Crippen molar-refractivity contribution in [1.82, 2.24) is 4.90 Å². The van der Waals surface area contributed by atoms with Crippen LogP contribution in [-0.2, 0) is 0 Å². The molecule has 0 spiro atoms. The molecule has 0 amide bonds. The van der Waals surface area contributed by atoms with Crippen molar-refractivity contribution >= 4 is 0 Å². The lowest BCUT2D eigenvalue weighted by molar-refractivity contribution is 0.210. The predicted octanol–water partition coefficient (Wildman–Crippen LogP) is 3.46. The van der Waals surface area contributed by atoms with Crippen molar-refractivity contribution in [2.45, 2.75) is 52.5 Å². The Kier molecular flexibility index (Phi) is 3.10. The van der Waals surface area contributed by atoms with Gasteiger partial charge in [-0.2, -0.15) is 0 Å². The zero-order valence-electron chi connectivity index (χ0n) is 10.6. The Morgan fingerprint density at radius 1 is 1.29 bits per heavy atom. The fraction of sp³-hybridized carbons (Fsp3) is 0.846. The van der Waals surface area contributed by atoms with Crippen LogP contribution in [0.4, 0.5) is 0 Å². The molecular weight excluding hydrogens is 170 g/mol. The van der Waals surface area contributed by atoms with Crippen molar-refractivity contribution in [3.63, 3.8) is 0 Å². The van der Waals surface area contributed by atoms with Crippen LogP contribution >= 0.6 is 0 Å². The summed E-state index contributed by atoms with van der Waals surface area (Å²) in [5, 5.41) is 0. The summed E-state index contributed by atoms with van der Waals surface area (Å²) >= 11 is 0. The minimum Gasteiger partial charge on any atom is -0.303 e. The molecule has 0 saturated heterocycles. The van der Waals surface area contributed by atoms with Gasteiger partial charge in [-0.05, 0) is 47.2 Å². The molecule has 2 unspecified atom stereocenters. The highest BCUT2D eigenvalue weighted by atomic mass is 15.2. The van der Waals surface area contributed by atoms with Crippen LogP contribution in [0.25, 0.3) is 0 Å². The van der Waals surface area contributed by atoms with Crippen molar-refractivity contribution in [3.8, 4) is 0 Å². The van der Waals surface area contributed by atoms with E-state index in [0.29, 0.717) is 11.0 Å². The van der Waals surface area contributed by atoms with Gasteiger partial charge in [-0.15, -0.1) is 0 Å². The van der Waals surface area contributed by atoms with Crippen LogP contribution in [0.3, 0.4) is 0 Å². The van der Waals surface area contributed by atoms with Gasteiger partial charge in [0.1, 0.15) is 0 Å². The summed E-state index contributed by atoms with van der Waals surface area (Å²) in [6, 6.07) is 0. The lowest BCUT2D eigenvalue weighted by Gasteiger charge is -2.31. The minimum absolute atomic E-state index is 0.443. The zero-order valence-corrected chi connectivity index (χ0v) is 10.6. The second kappa shape index (κ2) is 3.69. The van der Waals surface area contributed by atoms with Crippen molar-refractivity contribution in [2.24, 2.45) is 5.41 Å². The molecule has 0 aromatic rings. The van der Waals surface area contributed by atoms with E-state index in [0.717, 1.165) is 0 Å². The molecule has 0 aliphatic heterocycles. The molecule has 1 fully saturated rings. The van der Waals surface area contributed by atoms with Crippen LogP contribution in [0, 0.1) is 5.41 Å². The Balaban J connectivity index is 2.99. The summed E-state index contributed by atoms with van der Waals surface area (Å²) < 4.78 is 0. The largest absolute Gasteiger partial charge is 0.303 e. The second-order valence-electron chi connectivity index (χ2n) is 4.86. The zero-order chi connectivity index (χ0) is 11.0. The Bertz CT molecular complexity index is 242. The summed E-state index contributed by atoms with van der Waals surface area (Å²) in [7, 11) is 4.45. The van der Waals surface area contributed by atoms with Crippen LogP contribution < -0.4 is 0 Å². The molecule has 0 heterocycles. The van der Waals surface area contributed by atoms with Crippen molar-refractivity contribution in [3.05, 3.63) is 11.6 Å². The van der Waals surface area contributed by atoms with E-state index in [9.17, 15) is 0 Å². The van der Waals surface area contributed by atoms with E-state index in [1.165, 1.54) is 19.3 Å². The van der Waals surface area contributed by atoms with E-state index in [-0.39, 0.29) is 0 Å². The van der Waals surface area contributed by atoms with Gasteiger partial charge in [-0.1, -0.05) is 25.5 Å². The van der Waals surface area contributed by atoms with E-state index in [1.54, 1.807) is 5.57 Å². The molecule has 1 heteroatoms. The normalized spacial score (nSPS) is 37.8. The molecule has 1 saturated carbocycles. The first-order valence-electron chi connectivity index (χ1n) is 5.81. The van der Waals surface area contributed by atoms with Crippen molar-refractivity contribution in [1.29, 1.82) is 0 Å². The SMILES string of the molecule is C/C=C(\C)C1(CC)CC1(CC)N(C)C. The van der Waals surface area contributed by atoms with Gasteiger partial charge in [0.2, 0.25) is 0 Å². The highest BCUT2D eigenvalue weighted by Gasteiger charge is 2.66. The number of nitrogens with zero attached hydrogens (tertiary/aromatic N) is 1. The van der Waals surface area contributed by atoms with Gasteiger partial charge in [0.25, 0.3) is 0 Å². The maximum absolute atomic E-state index is 2.43. The van der Waals surface area contributed by atoms with Crippen LogP contribution in [0.1, 0.15) is 47.0 Å². The fourth-order valence-corrected chi connectivity index (χ4v) is 3.34. The van der Waals surface area contributed by atoms with E-state index in [2.05, 4.69) is 52.8 Å². The van der Waals surface area contributed by atoms with E-state index >= 15 is 0 Å². The van der Waals surface area contributed by atoms with Crippen molar-refractivity contribution in [2.75, 3.05) is 14.1 Å². The topological polar surface area (TPSA) is 3.24 Å². The molecule has 1 aliphatic carbocycles. The summed E-state index contributed by atoms with van der Waals surface area (Å²) in [5.74, 6) is 0. The second-order valence-corrected chi connectivity index (χ2v) is 4.86. The first-order chi connectivity index (χ1) is 6.50. The highest BCUT2D eigenvalue weighted by Crippen LogP contribution is 2.67. The average Bonchev–Trinajstić information content (AvgIpc) is 2.88. The molecule has 0 aromatic carbocycles. The molecule has 1 nitrogen and oxygen atoms in total. The Morgan fingerprint density at radius 2 is 1.86 bits per heavy atom. The highest BCUT2D eigenvalue weighted by molar-refractivity contribution is 5.34. The Hall–Kier alpha value is -0.300. The molecule has 0 radical (unpaired) electrons. The Morgan fingerprint density at radius 3 is 2.07 bits per heavy atom. The molecule has 0 aromatic heterocycles. The van der Waals surface area contributed by atoms with Gasteiger partial charge >= 0.3 is 0 Å². The first kappa shape index (κ1) is 11.8.